The van der Waals surface area contributed by atoms with Gasteiger partial charge in [-0.15, -0.1) is 0 Å². The van der Waals surface area contributed by atoms with Crippen LogP contribution < -0.4 is 10.1 Å². The van der Waals surface area contributed by atoms with Crippen molar-refractivity contribution < 1.29 is 9.53 Å². The summed E-state index contributed by atoms with van der Waals surface area (Å²) in [6, 6.07) is 5.20. The number of ketones is 1. The third-order valence-electron chi connectivity index (χ3n) is 3.71. The van der Waals surface area contributed by atoms with Crippen molar-refractivity contribution in [2.45, 2.75) is 19.3 Å². The smallest absolute Gasteiger partial charge is 0.174 e. The van der Waals surface area contributed by atoms with Gasteiger partial charge >= 0.3 is 0 Å². The van der Waals surface area contributed by atoms with Gasteiger partial charge in [0.05, 0.1) is 12.7 Å². The molecule has 0 bridgehead atoms. The van der Waals surface area contributed by atoms with Gasteiger partial charge in [-0.1, -0.05) is 18.0 Å². The SMILES string of the molecule is CNCC1(C(=O)c2cc(Cl)ccc2OC)CCC1. The molecule has 0 unspecified atom stereocenters. The molecular formula is C14H18ClNO2. The number of hydrogen-bond acceptors (Lipinski definition) is 3. The molecule has 0 aliphatic heterocycles. The molecule has 98 valence electrons. The van der Waals surface area contributed by atoms with Crippen LogP contribution in [-0.4, -0.2) is 26.5 Å². The zero-order valence-corrected chi connectivity index (χ0v) is 11.5. The van der Waals surface area contributed by atoms with Gasteiger partial charge in [0.1, 0.15) is 5.75 Å². The Morgan fingerprint density at radius 1 is 1.50 bits per heavy atom. The second-order valence-electron chi connectivity index (χ2n) is 4.84. The number of carbonyl (C=O) groups is 1. The molecule has 0 atom stereocenters. The van der Waals surface area contributed by atoms with Crippen molar-refractivity contribution >= 4 is 17.4 Å². The highest BCUT2D eigenvalue weighted by Gasteiger charge is 2.44. The van der Waals surface area contributed by atoms with E-state index in [4.69, 9.17) is 16.3 Å². The van der Waals surface area contributed by atoms with Crippen molar-refractivity contribution in [2.24, 2.45) is 5.41 Å². The number of hydrogen-bond donors (Lipinski definition) is 1. The topological polar surface area (TPSA) is 38.3 Å². The first-order valence-corrected chi connectivity index (χ1v) is 6.54. The minimum atomic E-state index is -0.271. The van der Waals surface area contributed by atoms with Gasteiger partial charge in [0.15, 0.2) is 5.78 Å². The number of carbonyl (C=O) groups excluding carboxylic acids is 1. The van der Waals surface area contributed by atoms with Crippen molar-refractivity contribution in [3.63, 3.8) is 0 Å². The first-order valence-electron chi connectivity index (χ1n) is 6.16. The molecule has 0 saturated heterocycles. The monoisotopic (exact) mass is 267 g/mol. The molecular weight excluding hydrogens is 250 g/mol. The minimum Gasteiger partial charge on any atom is -0.496 e. The van der Waals surface area contributed by atoms with Crippen molar-refractivity contribution in [1.82, 2.24) is 5.32 Å². The van der Waals surface area contributed by atoms with E-state index in [1.165, 1.54) is 0 Å². The summed E-state index contributed by atoms with van der Waals surface area (Å²) >= 11 is 5.98. The zero-order chi connectivity index (χ0) is 13.2. The summed E-state index contributed by atoms with van der Waals surface area (Å²) in [4.78, 5) is 12.7. The van der Waals surface area contributed by atoms with Crippen LogP contribution in [0.3, 0.4) is 0 Å². The average molecular weight is 268 g/mol. The lowest BCUT2D eigenvalue weighted by molar-refractivity contribution is 0.0611. The van der Waals surface area contributed by atoms with Gasteiger partial charge in [-0.3, -0.25) is 4.79 Å². The van der Waals surface area contributed by atoms with E-state index in [-0.39, 0.29) is 11.2 Å². The van der Waals surface area contributed by atoms with E-state index >= 15 is 0 Å². The average Bonchev–Trinajstić information content (AvgIpc) is 2.33. The summed E-state index contributed by atoms with van der Waals surface area (Å²) in [6.45, 7) is 0.710. The predicted octanol–water partition coefficient (Wildman–Crippen LogP) is 2.92. The normalized spacial score (nSPS) is 17.1. The van der Waals surface area contributed by atoms with E-state index in [9.17, 15) is 4.79 Å². The second kappa shape index (κ2) is 5.29. The second-order valence-corrected chi connectivity index (χ2v) is 5.27. The molecule has 4 heteroatoms. The fourth-order valence-corrected chi connectivity index (χ4v) is 2.74. The van der Waals surface area contributed by atoms with Crippen LogP contribution in [0.2, 0.25) is 5.02 Å². The number of nitrogens with one attached hydrogen (secondary N) is 1. The number of benzene rings is 1. The first-order chi connectivity index (χ1) is 8.63. The standard InChI is InChI=1S/C14H18ClNO2/c1-16-9-14(6-3-7-14)13(17)11-8-10(15)4-5-12(11)18-2/h4-5,8,16H,3,6-7,9H2,1-2H3. The van der Waals surface area contributed by atoms with Crippen LogP contribution in [0.1, 0.15) is 29.6 Å². The zero-order valence-electron chi connectivity index (χ0n) is 10.8. The molecule has 1 aliphatic rings. The number of rotatable bonds is 5. The maximum atomic E-state index is 12.7. The predicted molar refractivity (Wildman–Crippen MR) is 72.5 cm³/mol. The Balaban J connectivity index is 2.35. The fraction of sp³-hybridized carbons (Fsp3) is 0.500. The Kier molecular flexibility index (Phi) is 3.93. The summed E-state index contributed by atoms with van der Waals surface area (Å²) in [6.07, 6.45) is 2.97. The summed E-state index contributed by atoms with van der Waals surface area (Å²) in [7, 11) is 3.45. The number of ether oxygens (including phenoxy) is 1. The Labute approximate surface area is 112 Å². The van der Waals surface area contributed by atoms with E-state index in [0.29, 0.717) is 22.9 Å². The summed E-state index contributed by atoms with van der Waals surface area (Å²) in [5.41, 5.74) is 0.326. The first kappa shape index (κ1) is 13.4. The number of methoxy groups -OCH3 is 1. The minimum absolute atomic E-state index is 0.141. The molecule has 1 N–H and O–H groups in total. The molecule has 1 fully saturated rings. The van der Waals surface area contributed by atoms with Gasteiger partial charge in [0.2, 0.25) is 0 Å². The van der Waals surface area contributed by atoms with Crippen LogP contribution in [0.4, 0.5) is 0 Å². The molecule has 1 saturated carbocycles. The van der Waals surface area contributed by atoms with E-state index in [2.05, 4.69) is 5.32 Å². The molecule has 1 aromatic rings. The Morgan fingerprint density at radius 3 is 2.72 bits per heavy atom. The largest absolute Gasteiger partial charge is 0.496 e. The summed E-state index contributed by atoms with van der Waals surface area (Å²) in [5, 5.41) is 3.69. The third-order valence-corrected chi connectivity index (χ3v) is 3.95. The van der Waals surface area contributed by atoms with Crippen molar-refractivity contribution in [3.05, 3.63) is 28.8 Å². The molecule has 18 heavy (non-hydrogen) atoms. The van der Waals surface area contributed by atoms with E-state index in [0.717, 1.165) is 19.3 Å². The lowest BCUT2D eigenvalue weighted by Gasteiger charge is -2.40. The van der Waals surface area contributed by atoms with Crippen LogP contribution in [0.25, 0.3) is 0 Å². The maximum absolute atomic E-state index is 12.7. The molecule has 0 aromatic heterocycles. The molecule has 1 aromatic carbocycles. The van der Waals surface area contributed by atoms with Crippen molar-refractivity contribution in [1.29, 1.82) is 0 Å². The van der Waals surface area contributed by atoms with Crippen LogP contribution >= 0.6 is 11.6 Å². The molecule has 3 nitrogen and oxygen atoms in total. The van der Waals surface area contributed by atoms with Crippen LogP contribution in [-0.2, 0) is 0 Å². The van der Waals surface area contributed by atoms with Gasteiger partial charge < -0.3 is 10.1 Å². The fourth-order valence-electron chi connectivity index (χ4n) is 2.57. The summed E-state index contributed by atoms with van der Waals surface area (Å²) in [5.74, 6) is 0.745. The highest BCUT2D eigenvalue weighted by Crippen LogP contribution is 2.44. The Hall–Kier alpha value is -1.06. The van der Waals surface area contributed by atoms with E-state index in [1.807, 2.05) is 7.05 Å². The lowest BCUT2D eigenvalue weighted by Crippen LogP contribution is -2.45. The Bertz CT molecular complexity index is 455. The lowest BCUT2D eigenvalue weighted by atomic mass is 9.64. The van der Waals surface area contributed by atoms with Crippen LogP contribution in [0.5, 0.6) is 5.75 Å². The van der Waals surface area contributed by atoms with Gasteiger partial charge in [-0.25, -0.2) is 0 Å². The number of Topliss-reactive ketones (excluding diaryl/α,β-unsaturated/α-hetero) is 1. The highest BCUT2D eigenvalue weighted by atomic mass is 35.5. The quantitative estimate of drug-likeness (QED) is 0.834. The van der Waals surface area contributed by atoms with E-state index < -0.39 is 0 Å². The Morgan fingerprint density at radius 2 is 2.22 bits per heavy atom. The van der Waals surface area contributed by atoms with Crippen molar-refractivity contribution in [2.75, 3.05) is 20.7 Å². The molecule has 0 radical (unpaired) electrons. The molecule has 2 rings (SSSR count). The third kappa shape index (κ3) is 2.25. The van der Waals surface area contributed by atoms with Gasteiger partial charge in [-0.2, -0.15) is 0 Å². The van der Waals surface area contributed by atoms with Gasteiger partial charge in [0.25, 0.3) is 0 Å². The molecule has 0 spiro atoms. The van der Waals surface area contributed by atoms with E-state index in [1.54, 1.807) is 25.3 Å². The van der Waals surface area contributed by atoms with Gasteiger partial charge in [-0.05, 0) is 38.1 Å². The van der Waals surface area contributed by atoms with Gasteiger partial charge in [0, 0.05) is 17.0 Å². The molecule has 0 heterocycles. The maximum Gasteiger partial charge on any atom is 0.174 e. The number of halogens is 1. The molecule has 0 amide bonds. The van der Waals surface area contributed by atoms with Crippen LogP contribution in [0.15, 0.2) is 18.2 Å². The van der Waals surface area contributed by atoms with Crippen LogP contribution in [0, 0.1) is 5.41 Å². The van der Waals surface area contributed by atoms with Crippen molar-refractivity contribution in [3.8, 4) is 5.75 Å². The highest BCUT2D eigenvalue weighted by molar-refractivity contribution is 6.31. The molecule has 1 aliphatic carbocycles. The summed E-state index contributed by atoms with van der Waals surface area (Å²) < 4.78 is 5.26.